The van der Waals surface area contributed by atoms with Crippen LogP contribution in [0, 0.1) is 0 Å². The molecule has 0 aliphatic carbocycles. The molecule has 0 spiro atoms. The van der Waals surface area contributed by atoms with Gasteiger partial charge in [0.05, 0.1) is 60.7 Å². The Morgan fingerprint density at radius 1 is 1.00 bits per heavy atom. The van der Waals surface area contributed by atoms with Crippen LogP contribution < -0.4 is 25.1 Å². The molecule has 0 aliphatic rings. The fourth-order valence-electron chi connectivity index (χ4n) is 4.39. The number of nitrogens with zero attached hydrogens (tertiary/aromatic N) is 3. The van der Waals surface area contributed by atoms with E-state index in [1.54, 1.807) is 60.5 Å². The first kappa shape index (κ1) is 28.9. The lowest BCUT2D eigenvalue weighted by Gasteiger charge is -2.31. The van der Waals surface area contributed by atoms with Gasteiger partial charge >= 0.3 is 6.03 Å². The van der Waals surface area contributed by atoms with E-state index >= 15 is 0 Å². The van der Waals surface area contributed by atoms with Crippen molar-refractivity contribution in [3.05, 3.63) is 81.3 Å². The predicted octanol–water partition coefficient (Wildman–Crippen LogP) is 5.42. The Labute approximate surface area is 240 Å². The maximum atomic E-state index is 14.0. The number of halogens is 1. The number of rotatable bonds is 10. The summed E-state index contributed by atoms with van der Waals surface area (Å²) < 4.78 is 23.8. The van der Waals surface area contributed by atoms with Gasteiger partial charge in [-0.3, -0.25) is 9.36 Å². The number of nitrogens with one attached hydrogen (secondary N) is 1. The molecule has 4 aromatic rings. The van der Waals surface area contributed by atoms with E-state index in [1.165, 1.54) is 25.9 Å². The Kier molecular flexibility index (Phi) is 9.28. The van der Waals surface area contributed by atoms with Crippen LogP contribution in [0.2, 0.25) is 0 Å². The number of urea groups is 1. The third-order valence-corrected chi connectivity index (χ3v) is 7.28. The molecule has 10 nitrogen and oxygen atoms in total. The van der Waals surface area contributed by atoms with Crippen molar-refractivity contribution in [1.29, 1.82) is 0 Å². The van der Waals surface area contributed by atoms with Gasteiger partial charge in [-0.1, -0.05) is 24.3 Å². The Hall–Kier alpha value is -4.09. The highest BCUT2D eigenvalue weighted by Crippen LogP contribution is 2.37. The first-order chi connectivity index (χ1) is 19.3. The summed E-state index contributed by atoms with van der Waals surface area (Å²) in [6, 6.07) is 16.6. The monoisotopic (exact) mass is 610 g/mol. The molecular formula is C29H31BrN4O6. The van der Waals surface area contributed by atoms with Crippen LogP contribution in [0.15, 0.2) is 69.9 Å². The number of para-hydroxylation sites is 3. The molecule has 1 heterocycles. The fraction of sp³-hybridized carbons (Fsp3) is 0.276. The second-order valence-electron chi connectivity index (χ2n) is 8.78. The number of amides is 2. The second kappa shape index (κ2) is 12.8. The summed E-state index contributed by atoms with van der Waals surface area (Å²) in [7, 11) is 6.16. The largest absolute Gasteiger partial charge is 0.497 e. The summed E-state index contributed by atoms with van der Waals surface area (Å²) in [5.74, 6) is 1.81. The molecule has 2 amide bonds. The highest BCUT2D eigenvalue weighted by molar-refractivity contribution is 9.10. The number of fused-ring (bicyclic) bond motifs is 1. The van der Waals surface area contributed by atoms with E-state index < -0.39 is 12.1 Å². The number of carbonyl (C=O) groups is 1. The lowest BCUT2D eigenvalue weighted by Crippen LogP contribution is -2.41. The normalized spacial score (nSPS) is 11.7. The van der Waals surface area contributed by atoms with Crippen LogP contribution >= 0.6 is 15.9 Å². The standard InChI is InChI=1S/C29H31BrN4O6/c1-18(33(14-15-37-2)29(36)32-22-12-8-9-13-24(22)39-4)27-31-21-11-7-6-10-20(21)28(35)34(27)23-16-19(38-3)17-25(40-5)26(23)30/h6-13,16-18H,14-15H2,1-5H3,(H,32,36). The van der Waals surface area contributed by atoms with E-state index in [0.29, 0.717) is 49.8 Å². The fourth-order valence-corrected chi connectivity index (χ4v) is 4.95. The molecule has 0 aliphatic heterocycles. The van der Waals surface area contributed by atoms with Gasteiger partial charge in [-0.05, 0) is 47.1 Å². The van der Waals surface area contributed by atoms with E-state index in [-0.39, 0.29) is 18.7 Å². The van der Waals surface area contributed by atoms with Crippen molar-refractivity contribution in [2.24, 2.45) is 0 Å². The molecule has 1 unspecified atom stereocenters. The summed E-state index contributed by atoms with van der Waals surface area (Å²) in [5, 5.41) is 3.35. The van der Waals surface area contributed by atoms with Gasteiger partial charge in [0.1, 0.15) is 23.1 Å². The molecular weight excluding hydrogens is 580 g/mol. The zero-order chi connectivity index (χ0) is 28.8. The summed E-state index contributed by atoms with van der Waals surface area (Å²) in [6.45, 7) is 2.30. The molecule has 0 saturated heterocycles. The number of ether oxygens (including phenoxy) is 4. The van der Waals surface area contributed by atoms with Crippen LogP contribution in [-0.4, -0.2) is 62.1 Å². The zero-order valence-electron chi connectivity index (χ0n) is 22.9. The Morgan fingerprint density at radius 3 is 2.40 bits per heavy atom. The molecule has 40 heavy (non-hydrogen) atoms. The summed E-state index contributed by atoms with van der Waals surface area (Å²) >= 11 is 3.60. The number of anilines is 1. The average Bonchev–Trinajstić information content (AvgIpc) is 2.97. The van der Waals surface area contributed by atoms with Crippen LogP contribution in [0.3, 0.4) is 0 Å². The maximum Gasteiger partial charge on any atom is 0.322 e. The van der Waals surface area contributed by atoms with Gasteiger partial charge in [-0.25, -0.2) is 9.78 Å². The van der Waals surface area contributed by atoms with Crippen molar-refractivity contribution in [2.45, 2.75) is 13.0 Å². The van der Waals surface area contributed by atoms with Gasteiger partial charge in [0.2, 0.25) is 0 Å². The quantitative estimate of drug-likeness (QED) is 0.256. The molecule has 1 aromatic heterocycles. The molecule has 1 N–H and O–H groups in total. The van der Waals surface area contributed by atoms with E-state index in [0.717, 1.165) is 0 Å². The minimum Gasteiger partial charge on any atom is -0.497 e. The smallest absolute Gasteiger partial charge is 0.322 e. The first-order valence-electron chi connectivity index (χ1n) is 12.5. The number of hydrogen-bond acceptors (Lipinski definition) is 7. The number of benzene rings is 3. The van der Waals surface area contributed by atoms with Crippen LogP contribution in [-0.2, 0) is 4.74 Å². The molecule has 0 saturated carbocycles. The van der Waals surface area contributed by atoms with E-state index in [2.05, 4.69) is 21.2 Å². The summed E-state index contributed by atoms with van der Waals surface area (Å²) in [5.41, 5.74) is 1.17. The molecule has 0 fully saturated rings. The molecule has 3 aromatic carbocycles. The van der Waals surface area contributed by atoms with Crippen molar-refractivity contribution in [1.82, 2.24) is 14.5 Å². The Morgan fingerprint density at radius 2 is 1.70 bits per heavy atom. The maximum absolute atomic E-state index is 14.0. The average molecular weight is 611 g/mol. The van der Waals surface area contributed by atoms with Crippen molar-refractivity contribution >= 4 is 38.6 Å². The van der Waals surface area contributed by atoms with Crippen LogP contribution in [0.4, 0.5) is 10.5 Å². The van der Waals surface area contributed by atoms with E-state index in [9.17, 15) is 9.59 Å². The predicted molar refractivity (Wildman–Crippen MR) is 157 cm³/mol. The third kappa shape index (κ3) is 5.75. The second-order valence-corrected chi connectivity index (χ2v) is 9.58. The molecule has 0 bridgehead atoms. The van der Waals surface area contributed by atoms with Crippen molar-refractivity contribution in [2.75, 3.05) is 46.9 Å². The molecule has 210 valence electrons. The highest BCUT2D eigenvalue weighted by atomic mass is 79.9. The molecule has 0 radical (unpaired) electrons. The number of carbonyl (C=O) groups excluding carboxylic acids is 1. The highest BCUT2D eigenvalue weighted by Gasteiger charge is 2.28. The van der Waals surface area contributed by atoms with E-state index in [1.807, 2.05) is 19.1 Å². The van der Waals surface area contributed by atoms with Gasteiger partial charge in [-0.15, -0.1) is 0 Å². The van der Waals surface area contributed by atoms with Crippen LogP contribution in [0.25, 0.3) is 16.6 Å². The van der Waals surface area contributed by atoms with Crippen molar-refractivity contribution in [3.63, 3.8) is 0 Å². The van der Waals surface area contributed by atoms with Crippen molar-refractivity contribution in [3.8, 4) is 22.9 Å². The van der Waals surface area contributed by atoms with Gasteiger partial charge in [-0.2, -0.15) is 0 Å². The Balaban J connectivity index is 1.91. The van der Waals surface area contributed by atoms with Crippen LogP contribution in [0.1, 0.15) is 18.8 Å². The SMILES string of the molecule is COCCN(C(=O)Nc1ccccc1OC)C(C)c1nc2ccccc2c(=O)n1-c1cc(OC)cc(OC)c1Br. The van der Waals surface area contributed by atoms with E-state index in [4.69, 9.17) is 23.9 Å². The van der Waals surface area contributed by atoms with Gasteiger partial charge in [0.25, 0.3) is 5.56 Å². The van der Waals surface area contributed by atoms with Gasteiger partial charge < -0.3 is 29.2 Å². The lowest BCUT2D eigenvalue weighted by atomic mass is 10.1. The lowest BCUT2D eigenvalue weighted by molar-refractivity contribution is 0.137. The number of hydrogen-bond donors (Lipinski definition) is 1. The molecule has 1 atom stereocenters. The van der Waals surface area contributed by atoms with Gasteiger partial charge in [0.15, 0.2) is 0 Å². The van der Waals surface area contributed by atoms with Crippen LogP contribution in [0.5, 0.6) is 17.2 Å². The van der Waals surface area contributed by atoms with Crippen molar-refractivity contribution < 1.29 is 23.7 Å². The molecule has 11 heteroatoms. The molecule has 4 rings (SSSR count). The summed E-state index contributed by atoms with van der Waals surface area (Å²) in [6.07, 6.45) is 0. The number of methoxy groups -OCH3 is 4. The minimum atomic E-state index is -0.675. The number of aromatic nitrogens is 2. The Bertz CT molecular complexity index is 1570. The topological polar surface area (TPSA) is 104 Å². The first-order valence-corrected chi connectivity index (χ1v) is 13.3. The van der Waals surface area contributed by atoms with Gasteiger partial charge in [0, 0.05) is 25.8 Å². The zero-order valence-corrected chi connectivity index (χ0v) is 24.5. The minimum absolute atomic E-state index is 0.226. The summed E-state index contributed by atoms with van der Waals surface area (Å²) in [4.78, 5) is 34.2. The third-order valence-electron chi connectivity index (χ3n) is 6.48.